The maximum atomic E-state index is 5.41. The predicted octanol–water partition coefficient (Wildman–Crippen LogP) is 1.83. The molecule has 0 aliphatic rings. The first kappa shape index (κ1) is 6.70. The van der Waals surface area contributed by atoms with Crippen molar-refractivity contribution >= 4 is 17.8 Å². The van der Waals surface area contributed by atoms with Gasteiger partial charge in [-0.3, -0.25) is 4.99 Å². The van der Waals surface area contributed by atoms with E-state index in [0.29, 0.717) is 0 Å². The Balaban J connectivity index is 3.25. The summed E-state index contributed by atoms with van der Waals surface area (Å²) in [6, 6.07) is 0. The predicted molar refractivity (Wildman–Crippen MR) is 34.0 cm³/mol. The molecule has 1 atom stereocenters. The monoisotopic (exact) mass is 117 g/mol. The van der Waals surface area contributed by atoms with E-state index in [0.717, 1.165) is 0 Å². The maximum absolute atomic E-state index is 5.41. The van der Waals surface area contributed by atoms with Crippen LogP contribution in [0.4, 0.5) is 0 Å². The highest BCUT2D eigenvalue weighted by atomic mass is 35.5. The van der Waals surface area contributed by atoms with E-state index >= 15 is 0 Å². The summed E-state index contributed by atoms with van der Waals surface area (Å²) in [5.41, 5.74) is -0.127. The van der Waals surface area contributed by atoms with Crippen molar-refractivity contribution in [2.24, 2.45) is 4.99 Å². The lowest BCUT2D eigenvalue weighted by molar-refractivity contribution is 1.04. The standard InChI is InChI=1S/C5H8ClN/c1-3-4-7-5(2)6/h3-5H,1H2,2H3/b7-4-. The second-order valence-electron chi connectivity index (χ2n) is 1.11. The molecular formula is C5H8ClN. The minimum absolute atomic E-state index is 0.127. The van der Waals surface area contributed by atoms with Crippen LogP contribution in [0.5, 0.6) is 0 Å². The Hall–Kier alpha value is -0.300. The van der Waals surface area contributed by atoms with Crippen LogP contribution in [0.15, 0.2) is 17.6 Å². The molecule has 0 fully saturated rings. The molecule has 0 radical (unpaired) electrons. The van der Waals surface area contributed by atoms with E-state index in [-0.39, 0.29) is 5.50 Å². The topological polar surface area (TPSA) is 12.4 Å². The molecule has 0 aromatic rings. The normalized spacial score (nSPS) is 14.6. The molecule has 0 heterocycles. The number of rotatable bonds is 2. The third-order valence-corrected chi connectivity index (χ3v) is 0.510. The first-order chi connectivity index (χ1) is 3.27. The van der Waals surface area contributed by atoms with Gasteiger partial charge in [0.1, 0.15) is 5.50 Å². The average Bonchev–Trinajstić information content (AvgIpc) is 1.61. The largest absolute Gasteiger partial charge is 0.274 e. The summed E-state index contributed by atoms with van der Waals surface area (Å²) in [5, 5.41) is 0. The summed E-state index contributed by atoms with van der Waals surface area (Å²) in [6.07, 6.45) is 3.18. The van der Waals surface area contributed by atoms with Gasteiger partial charge in [-0.15, -0.1) is 0 Å². The van der Waals surface area contributed by atoms with E-state index in [1.807, 2.05) is 0 Å². The van der Waals surface area contributed by atoms with Gasteiger partial charge in [-0.1, -0.05) is 24.3 Å². The number of allylic oxidation sites excluding steroid dienone is 1. The number of hydrogen-bond donors (Lipinski definition) is 0. The molecule has 1 unspecified atom stereocenters. The molecule has 7 heavy (non-hydrogen) atoms. The van der Waals surface area contributed by atoms with Crippen molar-refractivity contribution in [1.29, 1.82) is 0 Å². The average molecular weight is 118 g/mol. The van der Waals surface area contributed by atoms with Gasteiger partial charge in [0.15, 0.2) is 0 Å². The zero-order valence-corrected chi connectivity index (χ0v) is 5.02. The zero-order valence-electron chi connectivity index (χ0n) is 4.26. The van der Waals surface area contributed by atoms with Crippen LogP contribution in [0.3, 0.4) is 0 Å². The molecule has 0 spiro atoms. The van der Waals surface area contributed by atoms with Crippen LogP contribution in [-0.4, -0.2) is 11.7 Å². The molecule has 0 aliphatic carbocycles. The van der Waals surface area contributed by atoms with Gasteiger partial charge in [0.25, 0.3) is 0 Å². The van der Waals surface area contributed by atoms with E-state index in [1.54, 1.807) is 19.2 Å². The molecular weight excluding hydrogens is 110 g/mol. The summed E-state index contributed by atoms with van der Waals surface area (Å²) in [7, 11) is 0. The summed E-state index contributed by atoms with van der Waals surface area (Å²) < 4.78 is 0. The smallest absolute Gasteiger partial charge is 0.121 e. The van der Waals surface area contributed by atoms with Gasteiger partial charge in [-0.25, -0.2) is 0 Å². The quantitative estimate of drug-likeness (QED) is 0.297. The molecule has 0 saturated heterocycles. The van der Waals surface area contributed by atoms with Crippen LogP contribution < -0.4 is 0 Å². The fourth-order valence-electron chi connectivity index (χ4n) is 0.179. The minimum atomic E-state index is -0.127. The minimum Gasteiger partial charge on any atom is -0.274 e. The van der Waals surface area contributed by atoms with E-state index in [2.05, 4.69) is 11.6 Å². The van der Waals surface area contributed by atoms with Gasteiger partial charge in [0, 0.05) is 6.21 Å². The Bertz CT molecular complexity index is 76.1. The van der Waals surface area contributed by atoms with Gasteiger partial charge in [-0.2, -0.15) is 0 Å². The zero-order chi connectivity index (χ0) is 5.70. The van der Waals surface area contributed by atoms with Crippen molar-refractivity contribution in [3.05, 3.63) is 12.7 Å². The lowest BCUT2D eigenvalue weighted by atomic mass is 10.7. The number of alkyl halides is 1. The molecule has 0 saturated carbocycles. The molecule has 0 rings (SSSR count). The van der Waals surface area contributed by atoms with Crippen LogP contribution in [0.25, 0.3) is 0 Å². The Labute approximate surface area is 48.7 Å². The number of hydrogen-bond acceptors (Lipinski definition) is 1. The lowest BCUT2D eigenvalue weighted by Gasteiger charge is -1.85. The van der Waals surface area contributed by atoms with Crippen LogP contribution in [-0.2, 0) is 0 Å². The highest BCUT2D eigenvalue weighted by molar-refractivity contribution is 6.20. The fraction of sp³-hybridized carbons (Fsp3) is 0.400. The summed E-state index contributed by atoms with van der Waals surface area (Å²) in [6.45, 7) is 5.22. The second kappa shape index (κ2) is 3.88. The van der Waals surface area contributed by atoms with Gasteiger partial charge >= 0.3 is 0 Å². The first-order valence-electron chi connectivity index (χ1n) is 2.05. The molecule has 0 bridgehead atoms. The number of aliphatic imine (C=N–C) groups is 1. The van der Waals surface area contributed by atoms with Gasteiger partial charge in [0.2, 0.25) is 0 Å². The molecule has 0 amide bonds. The molecule has 0 aromatic carbocycles. The Kier molecular flexibility index (Phi) is 3.71. The van der Waals surface area contributed by atoms with Crippen molar-refractivity contribution in [2.45, 2.75) is 12.4 Å². The second-order valence-corrected chi connectivity index (χ2v) is 1.74. The SMILES string of the molecule is C=C/C=N\C(C)Cl. The highest BCUT2D eigenvalue weighted by Gasteiger charge is 1.80. The van der Waals surface area contributed by atoms with Crippen molar-refractivity contribution in [2.75, 3.05) is 0 Å². The lowest BCUT2D eigenvalue weighted by Crippen LogP contribution is -1.80. The number of nitrogens with zero attached hydrogens (tertiary/aromatic N) is 1. The van der Waals surface area contributed by atoms with Crippen LogP contribution in [0.2, 0.25) is 0 Å². The molecule has 40 valence electrons. The fourth-order valence-corrected chi connectivity index (χ4v) is 0.245. The van der Waals surface area contributed by atoms with Gasteiger partial charge < -0.3 is 0 Å². The van der Waals surface area contributed by atoms with Crippen LogP contribution >= 0.6 is 11.6 Å². The number of halogens is 1. The van der Waals surface area contributed by atoms with E-state index < -0.39 is 0 Å². The Morgan fingerprint density at radius 2 is 2.43 bits per heavy atom. The van der Waals surface area contributed by atoms with Gasteiger partial charge in [0.05, 0.1) is 0 Å². The van der Waals surface area contributed by atoms with Crippen molar-refractivity contribution in [3.63, 3.8) is 0 Å². The van der Waals surface area contributed by atoms with Gasteiger partial charge in [-0.05, 0) is 6.92 Å². The third kappa shape index (κ3) is 5.70. The third-order valence-electron chi connectivity index (χ3n) is 0.397. The summed E-state index contributed by atoms with van der Waals surface area (Å²) in [4.78, 5) is 3.77. The molecule has 0 N–H and O–H groups in total. The van der Waals surface area contributed by atoms with Crippen molar-refractivity contribution < 1.29 is 0 Å². The van der Waals surface area contributed by atoms with Crippen molar-refractivity contribution in [3.8, 4) is 0 Å². The highest BCUT2D eigenvalue weighted by Crippen LogP contribution is 1.91. The summed E-state index contributed by atoms with van der Waals surface area (Å²) >= 11 is 5.41. The molecule has 1 nitrogen and oxygen atoms in total. The van der Waals surface area contributed by atoms with Crippen LogP contribution in [0, 0.1) is 0 Å². The molecule has 0 aromatic heterocycles. The first-order valence-corrected chi connectivity index (χ1v) is 2.49. The molecule has 0 aliphatic heterocycles. The van der Waals surface area contributed by atoms with Crippen LogP contribution in [0.1, 0.15) is 6.92 Å². The van der Waals surface area contributed by atoms with Crippen molar-refractivity contribution in [1.82, 2.24) is 0 Å². The van der Waals surface area contributed by atoms with E-state index in [1.165, 1.54) is 0 Å². The van der Waals surface area contributed by atoms with E-state index in [9.17, 15) is 0 Å². The van der Waals surface area contributed by atoms with E-state index in [4.69, 9.17) is 11.6 Å². The molecule has 2 heteroatoms. The summed E-state index contributed by atoms with van der Waals surface area (Å²) in [5.74, 6) is 0. The maximum Gasteiger partial charge on any atom is 0.121 e. The Morgan fingerprint density at radius 1 is 1.86 bits per heavy atom. The Morgan fingerprint density at radius 3 is 2.57 bits per heavy atom.